The Kier molecular flexibility index (Phi) is 4.80. The SMILES string of the molecule is CC(N)C(C)N(C(C)C)C(C)C. The van der Waals surface area contributed by atoms with Crippen molar-refractivity contribution in [2.75, 3.05) is 0 Å². The van der Waals surface area contributed by atoms with Crippen LogP contribution in [-0.2, 0) is 0 Å². The van der Waals surface area contributed by atoms with E-state index >= 15 is 0 Å². The molecule has 0 bridgehead atoms. The predicted octanol–water partition coefficient (Wildman–Crippen LogP) is 1.84. The van der Waals surface area contributed by atoms with Crippen molar-refractivity contribution in [1.82, 2.24) is 4.90 Å². The highest BCUT2D eigenvalue weighted by molar-refractivity contribution is 4.79. The summed E-state index contributed by atoms with van der Waals surface area (Å²) >= 11 is 0. The Bertz CT molecular complexity index is 111. The van der Waals surface area contributed by atoms with Crippen LogP contribution in [0, 0.1) is 0 Å². The van der Waals surface area contributed by atoms with E-state index in [4.69, 9.17) is 5.73 Å². The summed E-state index contributed by atoms with van der Waals surface area (Å²) in [5.41, 5.74) is 5.87. The van der Waals surface area contributed by atoms with Gasteiger partial charge in [-0.25, -0.2) is 0 Å². The summed E-state index contributed by atoms with van der Waals surface area (Å²) in [6.45, 7) is 13.2. The van der Waals surface area contributed by atoms with E-state index < -0.39 is 0 Å². The second-order valence-corrected chi connectivity index (χ2v) is 4.23. The zero-order chi connectivity index (χ0) is 9.89. The van der Waals surface area contributed by atoms with Crippen LogP contribution in [-0.4, -0.2) is 29.1 Å². The van der Waals surface area contributed by atoms with Gasteiger partial charge in [0.25, 0.3) is 0 Å². The largest absolute Gasteiger partial charge is 0.327 e. The average Bonchev–Trinajstić information content (AvgIpc) is 1.85. The molecule has 0 amide bonds. The van der Waals surface area contributed by atoms with Crippen molar-refractivity contribution in [2.45, 2.75) is 65.7 Å². The number of nitrogens with zero attached hydrogens (tertiary/aromatic N) is 1. The lowest BCUT2D eigenvalue weighted by molar-refractivity contribution is 0.109. The predicted molar refractivity (Wildman–Crippen MR) is 55.2 cm³/mol. The smallest absolute Gasteiger partial charge is 0.0221 e. The van der Waals surface area contributed by atoms with Gasteiger partial charge < -0.3 is 5.73 Å². The van der Waals surface area contributed by atoms with E-state index in [9.17, 15) is 0 Å². The van der Waals surface area contributed by atoms with Crippen LogP contribution >= 0.6 is 0 Å². The Balaban J connectivity index is 4.30. The second-order valence-electron chi connectivity index (χ2n) is 4.23. The molecule has 0 aromatic rings. The Hall–Kier alpha value is -0.0800. The summed E-state index contributed by atoms with van der Waals surface area (Å²) in [7, 11) is 0. The zero-order valence-corrected chi connectivity index (χ0v) is 9.33. The second kappa shape index (κ2) is 4.83. The highest BCUT2D eigenvalue weighted by Gasteiger charge is 2.22. The van der Waals surface area contributed by atoms with Crippen LogP contribution in [0.1, 0.15) is 41.5 Å². The van der Waals surface area contributed by atoms with Gasteiger partial charge in [0.15, 0.2) is 0 Å². The maximum Gasteiger partial charge on any atom is 0.0221 e. The summed E-state index contributed by atoms with van der Waals surface area (Å²) in [6.07, 6.45) is 0. The molecule has 0 aromatic carbocycles. The zero-order valence-electron chi connectivity index (χ0n) is 9.33. The summed E-state index contributed by atoms with van der Waals surface area (Å²) in [4.78, 5) is 2.45. The molecule has 2 heteroatoms. The Morgan fingerprint density at radius 2 is 1.17 bits per heavy atom. The van der Waals surface area contributed by atoms with Gasteiger partial charge in [0, 0.05) is 24.2 Å². The third-order valence-electron chi connectivity index (χ3n) is 2.42. The summed E-state index contributed by atoms with van der Waals surface area (Å²) < 4.78 is 0. The van der Waals surface area contributed by atoms with Crippen LogP contribution in [0.2, 0.25) is 0 Å². The first-order valence-electron chi connectivity index (χ1n) is 4.91. The minimum atomic E-state index is 0.245. The molecule has 12 heavy (non-hydrogen) atoms. The van der Waals surface area contributed by atoms with Gasteiger partial charge in [-0.1, -0.05) is 0 Å². The van der Waals surface area contributed by atoms with E-state index in [1.807, 2.05) is 0 Å². The molecule has 0 rings (SSSR count). The lowest BCUT2D eigenvalue weighted by Gasteiger charge is -2.38. The molecule has 2 N–H and O–H groups in total. The molecule has 0 radical (unpaired) electrons. The fraction of sp³-hybridized carbons (Fsp3) is 1.00. The molecule has 2 unspecified atom stereocenters. The van der Waals surface area contributed by atoms with E-state index in [-0.39, 0.29) is 6.04 Å². The Morgan fingerprint density at radius 1 is 0.833 bits per heavy atom. The molecule has 0 aliphatic carbocycles. The van der Waals surface area contributed by atoms with Crippen molar-refractivity contribution in [3.05, 3.63) is 0 Å². The van der Waals surface area contributed by atoms with Crippen LogP contribution in [0.15, 0.2) is 0 Å². The van der Waals surface area contributed by atoms with Crippen molar-refractivity contribution < 1.29 is 0 Å². The first-order valence-corrected chi connectivity index (χ1v) is 4.91. The molecule has 2 atom stereocenters. The maximum atomic E-state index is 5.87. The van der Waals surface area contributed by atoms with Crippen LogP contribution in [0.4, 0.5) is 0 Å². The van der Waals surface area contributed by atoms with Gasteiger partial charge in [-0.05, 0) is 41.5 Å². The minimum Gasteiger partial charge on any atom is -0.327 e. The normalized spacial score (nSPS) is 17.5. The monoisotopic (exact) mass is 172 g/mol. The van der Waals surface area contributed by atoms with Crippen molar-refractivity contribution in [3.8, 4) is 0 Å². The molecule has 0 fully saturated rings. The molecule has 74 valence electrons. The van der Waals surface area contributed by atoms with Crippen LogP contribution in [0.25, 0.3) is 0 Å². The quantitative estimate of drug-likeness (QED) is 0.701. The molecule has 0 spiro atoms. The average molecular weight is 172 g/mol. The van der Waals surface area contributed by atoms with Crippen LogP contribution < -0.4 is 5.73 Å². The van der Waals surface area contributed by atoms with E-state index in [2.05, 4.69) is 46.4 Å². The standard InChI is InChI=1S/C10H24N2/c1-7(2)12(8(3)4)10(6)9(5)11/h7-10H,11H2,1-6H3. The molecule has 2 nitrogen and oxygen atoms in total. The molecule has 0 saturated heterocycles. The van der Waals surface area contributed by atoms with E-state index in [0.29, 0.717) is 18.1 Å². The van der Waals surface area contributed by atoms with Crippen molar-refractivity contribution >= 4 is 0 Å². The Morgan fingerprint density at radius 3 is 1.25 bits per heavy atom. The molecule has 0 aliphatic heterocycles. The topological polar surface area (TPSA) is 29.3 Å². The van der Waals surface area contributed by atoms with E-state index in [1.54, 1.807) is 0 Å². The van der Waals surface area contributed by atoms with Gasteiger partial charge in [0.1, 0.15) is 0 Å². The number of hydrogen-bond acceptors (Lipinski definition) is 2. The lowest BCUT2D eigenvalue weighted by atomic mass is 10.1. The lowest BCUT2D eigenvalue weighted by Crippen LogP contribution is -2.50. The highest BCUT2D eigenvalue weighted by atomic mass is 15.2. The molecular weight excluding hydrogens is 148 g/mol. The number of rotatable bonds is 4. The third-order valence-corrected chi connectivity index (χ3v) is 2.42. The van der Waals surface area contributed by atoms with Crippen molar-refractivity contribution in [2.24, 2.45) is 5.73 Å². The van der Waals surface area contributed by atoms with Crippen molar-refractivity contribution in [3.63, 3.8) is 0 Å². The van der Waals surface area contributed by atoms with Gasteiger partial charge in [-0.2, -0.15) is 0 Å². The summed E-state index contributed by atoms with van der Waals surface area (Å²) in [5.74, 6) is 0. The number of hydrogen-bond donors (Lipinski definition) is 1. The highest BCUT2D eigenvalue weighted by Crippen LogP contribution is 2.12. The van der Waals surface area contributed by atoms with Crippen LogP contribution in [0.3, 0.4) is 0 Å². The fourth-order valence-electron chi connectivity index (χ4n) is 1.81. The van der Waals surface area contributed by atoms with Crippen LogP contribution in [0.5, 0.6) is 0 Å². The van der Waals surface area contributed by atoms with Gasteiger partial charge >= 0.3 is 0 Å². The fourth-order valence-corrected chi connectivity index (χ4v) is 1.81. The van der Waals surface area contributed by atoms with E-state index in [1.165, 1.54) is 0 Å². The first kappa shape index (κ1) is 11.9. The van der Waals surface area contributed by atoms with Gasteiger partial charge in [-0.3, -0.25) is 4.90 Å². The van der Waals surface area contributed by atoms with Gasteiger partial charge in [0.2, 0.25) is 0 Å². The molecule has 0 saturated carbocycles. The van der Waals surface area contributed by atoms with Crippen molar-refractivity contribution in [1.29, 1.82) is 0 Å². The summed E-state index contributed by atoms with van der Waals surface area (Å²) in [5, 5.41) is 0. The maximum absolute atomic E-state index is 5.87. The molecular formula is C10H24N2. The first-order chi connectivity index (χ1) is 5.37. The molecule has 0 aromatic heterocycles. The summed E-state index contributed by atoms with van der Waals surface area (Å²) in [6, 6.07) is 1.86. The number of nitrogens with two attached hydrogens (primary N) is 1. The Labute approximate surface area is 77.1 Å². The van der Waals surface area contributed by atoms with Gasteiger partial charge in [-0.15, -0.1) is 0 Å². The minimum absolute atomic E-state index is 0.245. The molecule has 0 heterocycles. The van der Waals surface area contributed by atoms with E-state index in [0.717, 1.165) is 0 Å². The molecule has 0 aliphatic rings. The third kappa shape index (κ3) is 3.11. The van der Waals surface area contributed by atoms with Gasteiger partial charge in [0.05, 0.1) is 0 Å².